The molecular formula is C14H30N4O. The molecule has 1 atom stereocenters. The minimum Gasteiger partial charge on any atom is -0.356 e. The predicted octanol–water partition coefficient (Wildman–Crippen LogP) is 0.115. The van der Waals surface area contributed by atoms with Crippen LogP contribution in [0, 0.1) is 5.92 Å². The summed E-state index contributed by atoms with van der Waals surface area (Å²) in [7, 11) is 0. The second kappa shape index (κ2) is 9.28. The van der Waals surface area contributed by atoms with Gasteiger partial charge in [0, 0.05) is 45.7 Å². The van der Waals surface area contributed by atoms with E-state index in [4.69, 9.17) is 5.73 Å². The second-order valence-electron chi connectivity index (χ2n) is 5.54. The summed E-state index contributed by atoms with van der Waals surface area (Å²) in [5, 5.41) is 3.00. The van der Waals surface area contributed by atoms with Crippen molar-refractivity contribution in [2.24, 2.45) is 11.7 Å². The summed E-state index contributed by atoms with van der Waals surface area (Å²) in [6, 6.07) is 0. The monoisotopic (exact) mass is 270 g/mol. The van der Waals surface area contributed by atoms with E-state index < -0.39 is 0 Å². The van der Waals surface area contributed by atoms with Crippen LogP contribution in [0.2, 0.25) is 0 Å². The maximum atomic E-state index is 11.5. The average molecular weight is 270 g/mol. The smallest absolute Gasteiger partial charge is 0.220 e. The lowest BCUT2D eigenvalue weighted by Gasteiger charge is -2.35. The second-order valence-corrected chi connectivity index (χ2v) is 5.54. The van der Waals surface area contributed by atoms with Crippen molar-refractivity contribution in [1.82, 2.24) is 15.1 Å². The minimum absolute atomic E-state index is 0.133. The van der Waals surface area contributed by atoms with Gasteiger partial charge in [0.25, 0.3) is 0 Å². The van der Waals surface area contributed by atoms with Crippen LogP contribution < -0.4 is 11.1 Å². The van der Waals surface area contributed by atoms with Crippen molar-refractivity contribution in [1.29, 1.82) is 0 Å². The van der Waals surface area contributed by atoms with Gasteiger partial charge >= 0.3 is 0 Å². The minimum atomic E-state index is 0.133. The lowest BCUT2D eigenvalue weighted by molar-refractivity contribution is -0.121. The van der Waals surface area contributed by atoms with Crippen molar-refractivity contribution in [3.8, 4) is 0 Å². The topological polar surface area (TPSA) is 61.6 Å². The Morgan fingerprint density at radius 2 is 1.89 bits per heavy atom. The highest BCUT2D eigenvalue weighted by Gasteiger charge is 2.17. The molecule has 0 aromatic heterocycles. The zero-order valence-electron chi connectivity index (χ0n) is 12.5. The van der Waals surface area contributed by atoms with E-state index in [0.717, 1.165) is 39.1 Å². The number of likely N-dealkylation sites (N-methyl/N-ethyl adjacent to an activating group) is 1. The number of rotatable bonds is 8. The van der Waals surface area contributed by atoms with Crippen molar-refractivity contribution in [2.45, 2.75) is 26.7 Å². The molecule has 0 aromatic carbocycles. The van der Waals surface area contributed by atoms with E-state index in [1.54, 1.807) is 0 Å². The van der Waals surface area contributed by atoms with E-state index in [9.17, 15) is 4.79 Å². The highest BCUT2D eigenvalue weighted by Crippen LogP contribution is 2.05. The lowest BCUT2D eigenvalue weighted by Crippen LogP contribution is -2.48. The Balaban J connectivity index is 2.10. The number of nitrogens with two attached hydrogens (primary N) is 1. The molecule has 0 saturated carbocycles. The molecule has 0 bridgehead atoms. The van der Waals surface area contributed by atoms with E-state index in [1.807, 2.05) is 0 Å². The third-order valence-electron chi connectivity index (χ3n) is 3.74. The molecule has 1 rings (SSSR count). The first-order chi connectivity index (χ1) is 9.15. The van der Waals surface area contributed by atoms with Gasteiger partial charge in [0.05, 0.1) is 0 Å². The lowest BCUT2D eigenvalue weighted by atomic mass is 10.1. The summed E-state index contributed by atoms with van der Waals surface area (Å²) < 4.78 is 0. The Hall–Kier alpha value is -0.650. The van der Waals surface area contributed by atoms with Crippen LogP contribution in [-0.4, -0.2) is 68.1 Å². The van der Waals surface area contributed by atoms with Crippen LogP contribution in [0.15, 0.2) is 0 Å². The van der Waals surface area contributed by atoms with E-state index in [1.165, 1.54) is 13.1 Å². The van der Waals surface area contributed by atoms with Crippen LogP contribution in [0.1, 0.15) is 26.7 Å². The maximum absolute atomic E-state index is 11.5. The number of hydrogen-bond donors (Lipinski definition) is 2. The molecule has 1 heterocycles. The van der Waals surface area contributed by atoms with Crippen molar-refractivity contribution in [2.75, 3.05) is 52.4 Å². The number of piperazine rings is 1. The molecule has 112 valence electrons. The quantitative estimate of drug-likeness (QED) is 0.657. The standard InChI is InChI=1S/C14H30N4O/c1-3-17-7-9-18(10-8-17)12-13(2)11-16-14(19)5-4-6-15/h13H,3-12,15H2,1-2H3,(H,16,19). The molecule has 0 aromatic rings. The molecular weight excluding hydrogens is 240 g/mol. The Morgan fingerprint density at radius 3 is 2.47 bits per heavy atom. The molecule has 0 radical (unpaired) electrons. The third-order valence-corrected chi connectivity index (χ3v) is 3.74. The van der Waals surface area contributed by atoms with Crippen molar-refractivity contribution < 1.29 is 4.79 Å². The van der Waals surface area contributed by atoms with Crippen molar-refractivity contribution in [3.05, 3.63) is 0 Å². The van der Waals surface area contributed by atoms with Crippen LogP contribution in [0.25, 0.3) is 0 Å². The van der Waals surface area contributed by atoms with Crippen LogP contribution >= 0.6 is 0 Å². The zero-order chi connectivity index (χ0) is 14.1. The van der Waals surface area contributed by atoms with Gasteiger partial charge in [-0.25, -0.2) is 0 Å². The molecule has 19 heavy (non-hydrogen) atoms. The molecule has 1 fully saturated rings. The Bertz CT molecular complexity index is 252. The largest absolute Gasteiger partial charge is 0.356 e. The van der Waals surface area contributed by atoms with Gasteiger partial charge < -0.3 is 20.9 Å². The summed E-state index contributed by atoms with van der Waals surface area (Å²) in [4.78, 5) is 16.5. The van der Waals surface area contributed by atoms with Gasteiger partial charge in [0.2, 0.25) is 5.91 Å². The third kappa shape index (κ3) is 6.89. The van der Waals surface area contributed by atoms with Crippen molar-refractivity contribution in [3.63, 3.8) is 0 Å². The van der Waals surface area contributed by atoms with Gasteiger partial charge in [-0.1, -0.05) is 13.8 Å². The SMILES string of the molecule is CCN1CCN(CC(C)CNC(=O)CCCN)CC1. The van der Waals surface area contributed by atoms with E-state index in [0.29, 0.717) is 18.9 Å². The highest BCUT2D eigenvalue weighted by molar-refractivity contribution is 5.75. The van der Waals surface area contributed by atoms with E-state index >= 15 is 0 Å². The molecule has 1 aliphatic heterocycles. The summed E-state index contributed by atoms with van der Waals surface area (Å²) >= 11 is 0. The van der Waals surface area contributed by atoms with Crippen LogP contribution in [0.3, 0.4) is 0 Å². The molecule has 5 nitrogen and oxygen atoms in total. The molecule has 0 aliphatic carbocycles. The fraction of sp³-hybridized carbons (Fsp3) is 0.929. The molecule has 1 unspecified atom stereocenters. The van der Waals surface area contributed by atoms with Crippen LogP contribution in [0.5, 0.6) is 0 Å². The normalized spacial score (nSPS) is 19.3. The highest BCUT2D eigenvalue weighted by atomic mass is 16.1. The molecule has 5 heteroatoms. The van der Waals surface area contributed by atoms with Crippen LogP contribution in [-0.2, 0) is 4.79 Å². The number of hydrogen-bond acceptors (Lipinski definition) is 4. The van der Waals surface area contributed by atoms with Crippen LogP contribution in [0.4, 0.5) is 0 Å². The van der Waals surface area contributed by atoms with Gasteiger partial charge in [0.1, 0.15) is 0 Å². The van der Waals surface area contributed by atoms with E-state index in [2.05, 4.69) is 29.0 Å². The molecule has 1 aliphatic rings. The fourth-order valence-corrected chi connectivity index (χ4v) is 2.43. The molecule has 1 amide bonds. The summed E-state index contributed by atoms with van der Waals surface area (Å²) in [6.07, 6.45) is 1.33. The number of nitrogens with zero attached hydrogens (tertiary/aromatic N) is 2. The first kappa shape index (κ1) is 16.4. The zero-order valence-corrected chi connectivity index (χ0v) is 12.5. The molecule has 0 spiro atoms. The van der Waals surface area contributed by atoms with Gasteiger partial charge in [0.15, 0.2) is 0 Å². The summed E-state index contributed by atoms with van der Waals surface area (Å²) in [5.74, 6) is 0.642. The maximum Gasteiger partial charge on any atom is 0.220 e. The first-order valence-corrected chi connectivity index (χ1v) is 7.57. The summed E-state index contributed by atoms with van der Waals surface area (Å²) in [5.41, 5.74) is 5.39. The average Bonchev–Trinajstić information content (AvgIpc) is 2.43. The van der Waals surface area contributed by atoms with Gasteiger partial charge in [-0.2, -0.15) is 0 Å². The number of amides is 1. The van der Waals surface area contributed by atoms with Crippen molar-refractivity contribution >= 4 is 5.91 Å². The van der Waals surface area contributed by atoms with Gasteiger partial charge in [-0.15, -0.1) is 0 Å². The van der Waals surface area contributed by atoms with E-state index in [-0.39, 0.29) is 5.91 Å². The number of carbonyl (C=O) groups is 1. The Kier molecular flexibility index (Phi) is 8.02. The Labute approximate surface area is 117 Å². The first-order valence-electron chi connectivity index (χ1n) is 7.57. The molecule has 1 saturated heterocycles. The summed E-state index contributed by atoms with van der Waals surface area (Å²) in [6.45, 7) is 12.7. The Morgan fingerprint density at radius 1 is 1.26 bits per heavy atom. The number of carbonyl (C=O) groups excluding carboxylic acids is 1. The molecule has 3 N–H and O–H groups in total. The van der Waals surface area contributed by atoms with Gasteiger partial charge in [-0.3, -0.25) is 4.79 Å². The fourth-order valence-electron chi connectivity index (χ4n) is 2.43. The van der Waals surface area contributed by atoms with Gasteiger partial charge in [-0.05, 0) is 25.4 Å². The number of nitrogens with one attached hydrogen (secondary N) is 1. The predicted molar refractivity (Wildman–Crippen MR) is 79.0 cm³/mol.